The summed E-state index contributed by atoms with van der Waals surface area (Å²) >= 11 is 0. The molecule has 0 spiro atoms. The fourth-order valence-corrected chi connectivity index (χ4v) is 5.57. The highest BCUT2D eigenvalue weighted by Gasteiger charge is 2.30. The molecule has 0 amide bonds. The van der Waals surface area contributed by atoms with Crippen molar-refractivity contribution in [3.05, 3.63) is 29.8 Å². The average Bonchev–Trinajstić information content (AvgIpc) is 3.27. The molecule has 0 radical (unpaired) electrons. The van der Waals surface area contributed by atoms with Crippen molar-refractivity contribution >= 4 is 27.0 Å². The van der Waals surface area contributed by atoms with Gasteiger partial charge in [0.1, 0.15) is 22.9 Å². The average molecular weight is 503 g/mol. The Morgan fingerprint density at radius 1 is 1.11 bits per heavy atom. The van der Waals surface area contributed by atoms with Crippen LogP contribution in [0.15, 0.2) is 18.2 Å². The van der Waals surface area contributed by atoms with E-state index in [1.54, 1.807) is 7.11 Å². The molecule has 2 fully saturated rings. The van der Waals surface area contributed by atoms with E-state index in [1.807, 2.05) is 22.8 Å². The lowest BCUT2D eigenvalue weighted by Gasteiger charge is -2.31. The number of nitrogens with zero attached hydrogens (tertiary/aromatic N) is 7. The van der Waals surface area contributed by atoms with Crippen LogP contribution in [-0.4, -0.2) is 90.0 Å². The van der Waals surface area contributed by atoms with Gasteiger partial charge >= 0.3 is 0 Å². The summed E-state index contributed by atoms with van der Waals surface area (Å²) in [5, 5.41) is 0. The third kappa shape index (κ3) is 4.68. The number of rotatable bonds is 6. The highest BCUT2D eigenvalue weighted by atomic mass is 32.2. The number of piperidine rings is 1. The van der Waals surface area contributed by atoms with Crippen molar-refractivity contribution in [1.82, 2.24) is 28.8 Å². The molecule has 3 aromatic rings. The number of imidazole rings is 1. The normalized spacial score (nSPS) is 19.9. The maximum atomic E-state index is 12.2. The van der Waals surface area contributed by atoms with Crippen LogP contribution in [0.25, 0.3) is 17.0 Å². The van der Waals surface area contributed by atoms with Gasteiger partial charge in [-0.1, -0.05) is 6.07 Å². The Morgan fingerprint density at radius 3 is 2.60 bits per heavy atom. The van der Waals surface area contributed by atoms with E-state index in [4.69, 9.17) is 35.1 Å². The lowest BCUT2D eigenvalue weighted by molar-refractivity contribution is 0.122. The molecule has 13 heteroatoms. The van der Waals surface area contributed by atoms with Gasteiger partial charge in [0.15, 0.2) is 0 Å². The zero-order valence-electron chi connectivity index (χ0n) is 19.9. The highest BCUT2D eigenvalue weighted by molar-refractivity contribution is 7.88. The van der Waals surface area contributed by atoms with Crippen molar-refractivity contribution in [2.24, 2.45) is 5.73 Å². The van der Waals surface area contributed by atoms with Crippen LogP contribution in [0.4, 0.5) is 5.95 Å². The van der Waals surface area contributed by atoms with Crippen LogP contribution in [0.2, 0.25) is 0 Å². The number of para-hydroxylation sites is 1. The summed E-state index contributed by atoms with van der Waals surface area (Å²) in [7, 11) is -1.71. The Hall–Kier alpha value is -2.87. The summed E-state index contributed by atoms with van der Waals surface area (Å²) in [6.07, 6.45) is 2.77. The van der Waals surface area contributed by atoms with Gasteiger partial charge < -0.3 is 20.1 Å². The minimum absolute atomic E-state index is 0.148. The summed E-state index contributed by atoms with van der Waals surface area (Å²) in [4.78, 5) is 21.2. The molecule has 5 rings (SSSR count). The van der Waals surface area contributed by atoms with Gasteiger partial charge in [-0.2, -0.15) is 15.0 Å². The van der Waals surface area contributed by atoms with Gasteiger partial charge in [-0.05, 0) is 25.0 Å². The summed E-state index contributed by atoms with van der Waals surface area (Å²) in [5.41, 5.74) is 7.52. The third-order valence-electron chi connectivity index (χ3n) is 6.46. The Morgan fingerprint density at radius 2 is 1.89 bits per heavy atom. The zero-order valence-corrected chi connectivity index (χ0v) is 20.7. The number of methoxy groups -OCH3 is 1. The number of hydrogen-bond acceptors (Lipinski definition) is 10. The quantitative estimate of drug-likeness (QED) is 0.511. The van der Waals surface area contributed by atoms with Crippen LogP contribution in [0, 0.1) is 0 Å². The second-order valence-corrected chi connectivity index (χ2v) is 10.7. The van der Waals surface area contributed by atoms with E-state index in [1.165, 1.54) is 10.6 Å². The van der Waals surface area contributed by atoms with Crippen LogP contribution >= 0.6 is 0 Å². The lowest BCUT2D eigenvalue weighted by Crippen LogP contribution is -2.40. The van der Waals surface area contributed by atoms with Crippen LogP contribution in [-0.2, 0) is 21.3 Å². The summed E-state index contributed by atoms with van der Waals surface area (Å²) in [6.45, 7) is 3.51. The molecule has 0 saturated carbocycles. The lowest BCUT2D eigenvalue weighted by atomic mass is 9.99. The fourth-order valence-electron chi connectivity index (χ4n) is 4.66. The number of morpholine rings is 1. The van der Waals surface area contributed by atoms with Crippen LogP contribution < -0.4 is 15.4 Å². The standard InChI is InChI=1S/C22H30N8O4S/c1-33-17-7-3-6-16-19(17)24-18(13-23)30(16)22-26-20(15-5-4-8-29(14-15)35(2,31)32)25-21(27-22)28-9-11-34-12-10-28/h3,6-7,15H,4-5,8-14,23H2,1-2H3. The van der Waals surface area contributed by atoms with Gasteiger partial charge in [0, 0.05) is 32.1 Å². The maximum absolute atomic E-state index is 12.2. The van der Waals surface area contributed by atoms with Crippen LogP contribution in [0.1, 0.15) is 30.4 Å². The molecule has 1 aromatic carbocycles. The zero-order chi connectivity index (χ0) is 24.6. The first-order chi connectivity index (χ1) is 16.9. The number of nitrogens with two attached hydrogens (primary N) is 1. The topological polar surface area (TPSA) is 142 Å². The van der Waals surface area contributed by atoms with Crippen LogP contribution in [0.3, 0.4) is 0 Å². The molecule has 2 saturated heterocycles. The second kappa shape index (κ2) is 9.64. The Bertz CT molecular complexity index is 1320. The molecule has 1 unspecified atom stereocenters. The van der Waals surface area contributed by atoms with E-state index in [0.717, 1.165) is 18.4 Å². The molecule has 2 aromatic heterocycles. The van der Waals surface area contributed by atoms with Crippen molar-refractivity contribution in [1.29, 1.82) is 0 Å². The number of sulfonamides is 1. The third-order valence-corrected chi connectivity index (χ3v) is 7.73. The molecule has 0 bridgehead atoms. The number of anilines is 1. The van der Waals surface area contributed by atoms with E-state index >= 15 is 0 Å². The monoisotopic (exact) mass is 502 g/mol. The molecule has 12 nitrogen and oxygen atoms in total. The van der Waals surface area contributed by atoms with Gasteiger partial charge in [-0.15, -0.1) is 0 Å². The van der Waals surface area contributed by atoms with Gasteiger partial charge in [0.05, 0.1) is 38.6 Å². The van der Waals surface area contributed by atoms with E-state index in [2.05, 4.69) is 4.90 Å². The number of fused-ring (bicyclic) bond motifs is 1. The van der Waals surface area contributed by atoms with Gasteiger partial charge in [-0.3, -0.25) is 4.57 Å². The van der Waals surface area contributed by atoms with Crippen LogP contribution in [0.5, 0.6) is 5.75 Å². The van der Waals surface area contributed by atoms with E-state index < -0.39 is 10.0 Å². The first-order valence-electron chi connectivity index (χ1n) is 11.7. The van der Waals surface area contributed by atoms with Gasteiger partial charge in [-0.25, -0.2) is 17.7 Å². The minimum Gasteiger partial charge on any atom is -0.494 e. The Balaban J connectivity index is 1.65. The molecular weight excluding hydrogens is 472 g/mol. The van der Waals surface area contributed by atoms with E-state index in [9.17, 15) is 8.42 Å². The molecule has 2 N–H and O–H groups in total. The molecule has 35 heavy (non-hydrogen) atoms. The van der Waals surface area contributed by atoms with E-state index in [-0.39, 0.29) is 12.5 Å². The van der Waals surface area contributed by atoms with Crippen molar-refractivity contribution in [2.75, 3.05) is 57.7 Å². The Labute approximate surface area is 204 Å². The number of benzene rings is 1. The fraction of sp³-hybridized carbons (Fsp3) is 0.545. The largest absolute Gasteiger partial charge is 0.494 e. The van der Waals surface area contributed by atoms with Gasteiger partial charge in [0.25, 0.3) is 0 Å². The second-order valence-electron chi connectivity index (χ2n) is 8.75. The summed E-state index contributed by atoms with van der Waals surface area (Å²) in [6, 6.07) is 5.66. The number of aromatic nitrogens is 5. The predicted octanol–water partition coefficient (Wildman–Crippen LogP) is 0.653. The minimum atomic E-state index is -3.31. The predicted molar refractivity (Wildman–Crippen MR) is 130 cm³/mol. The summed E-state index contributed by atoms with van der Waals surface area (Å²) in [5.74, 6) is 2.59. The van der Waals surface area contributed by atoms with Crippen molar-refractivity contribution in [2.45, 2.75) is 25.3 Å². The molecule has 1 atom stereocenters. The first kappa shape index (κ1) is 23.9. The maximum Gasteiger partial charge on any atom is 0.240 e. The molecule has 2 aliphatic heterocycles. The molecular formula is C22H30N8O4S. The SMILES string of the molecule is COc1cccc2c1nc(CN)n2-c1nc(C2CCCN(S(C)(=O)=O)C2)nc(N2CCOCC2)n1. The molecule has 188 valence electrons. The smallest absolute Gasteiger partial charge is 0.240 e. The first-order valence-corrected chi connectivity index (χ1v) is 13.5. The molecule has 4 heterocycles. The molecule has 0 aliphatic carbocycles. The van der Waals surface area contributed by atoms with Crippen molar-refractivity contribution in [3.8, 4) is 11.7 Å². The van der Waals surface area contributed by atoms with E-state index in [0.29, 0.717) is 74.2 Å². The summed E-state index contributed by atoms with van der Waals surface area (Å²) < 4.78 is 38.8. The number of ether oxygens (including phenoxy) is 2. The van der Waals surface area contributed by atoms with Gasteiger partial charge in [0.2, 0.25) is 21.9 Å². The highest BCUT2D eigenvalue weighted by Crippen LogP contribution is 2.30. The Kier molecular flexibility index (Phi) is 6.57. The van der Waals surface area contributed by atoms with Crippen molar-refractivity contribution < 1.29 is 17.9 Å². The number of hydrogen-bond donors (Lipinski definition) is 1. The molecule has 2 aliphatic rings. The van der Waals surface area contributed by atoms with Crippen molar-refractivity contribution in [3.63, 3.8) is 0 Å².